The zero-order chi connectivity index (χ0) is 65.3. The van der Waals surface area contributed by atoms with E-state index in [2.05, 4.69) is 130 Å². The number of allylic oxidation sites excluding steroid dienone is 18. The van der Waals surface area contributed by atoms with Crippen molar-refractivity contribution in [3.63, 3.8) is 0 Å². The van der Waals surface area contributed by atoms with Gasteiger partial charge in [0.1, 0.15) is 25.4 Å². The van der Waals surface area contributed by atoms with E-state index in [0.717, 1.165) is 135 Å². The lowest BCUT2D eigenvalue weighted by Gasteiger charge is -2.21. The van der Waals surface area contributed by atoms with Crippen molar-refractivity contribution in [3.8, 4) is 0 Å². The highest BCUT2D eigenvalue weighted by Gasteiger charge is 2.29. The van der Waals surface area contributed by atoms with Crippen LogP contribution in [0.2, 0.25) is 0 Å². The van der Waals surface area contributed by atoms with E-state index in [4.69, 9.17) is 32.3 Å². The lowest BCUT2D eigenvalue weighted by atomic mass is 10.0. The molecule has 0 aromatic carbocycles. The molecule has 5 unspecified atom stereocenters. The Morgan fingerprint density at radius 2 is 0.596 bits per heavy atom. The third-order valence-corrected chi connectivity index (χ3v) is 15.9. The SMILES string of the molecule is CC/C=C\C/C=C\C/C=C\C/C=C\C/C=C\C/C=C\CCCCC(=O)OCC(O)COP(=O)(O)OCC(O)COP(=O)(O)OCC(COC(=O)CCCCCCCC/C=C\C/C=C\C/C=C\CCCCC)OC(=O)CCCCCCCCCCCCCCC. The van der Waals surface area contributed by atoms with Gasteiger partial charge in [0.2, 0.25) is 0 Å². The predicted octanol–water partition coefficient (Wildman–Crippen LogP) is 18.9. The second-order valence-corrected chi connectivity index (χ2v) is 25.5. The lowest BCUT2D eigenvalue weighted by Crippen LogP contribution is -2.30. The van der Waals surface area contributed by atoms with Crippen molar-refractivity contribution in [1.82, 2.24) is 0 Å². The van der Waals surface area contributed by atoms with E-state index >= 15 is 0 Å². The molecule has 89 heavy (non-hydrogen) atoms. The minimum atomic E-state index is -4.93. The molecule has 0 saturated carbocycles. The summed E-state index contributed by atoms with van der Waals surface area (Å²) in [6.07, 6.45) is 71.4. The van der Waals surface area contributed by atoms with Crippen LogP contribution in [-0.2, 0) is 55.8 Å². The second kappa shape index (κ2) is 64.3. The van der Waals surface area contributed by atoms with Crippen molar-refractivity contribution < 1.29 is 75.8 Å². The molecular weight excluding hydrogens is 1170 g/mol. The molecule has 16 nitrogen and oxygen atoms in total. The maximum absolute atomic E-state index is 12.9. The van der Waals surface area contributed by atoms with Gasteiger partial charge in [-0.15, -0.1) is 0 Å². The van der Waals surface area contributed by atoms with Gasteiger partial charge in [-0.2, -0.15) is 0 Å². The molecule has 0 aliphatic carbocycles. The molecule has 0 aliphatic rings. The largest absolute Gasteiger partial charge is 0.472 e. The van der Waals surface area contributed by atoms with Gasteiger partial charge >= 0.3 is 33.6 Å². The van der Waals surface area contributed by atoms with E-state index in [9.17, 15) is 43.5 Å². The Morgan fingerprint density at radius 3 is 0.989 bits per heavy atom. The average molecular weight is 1290 g/mol. The molecule has 512 valence electrons. The molecule has 0 rings (SSSR count). The highest BCUT2D eigenvalue weighted by molar-refractivity contribution is 7.47. The average Bonchev–Trinajstić information content (AvgIpc) is 3.55. The van der Waals surface area contributed by atoms with Crippen molar-refractivity contribution >= 4 is 33.6 Å². The van der Waals surface area contributed by atoms with Crippen LogP contribution in [0.4, 0.5) is 0 Å². The smallest absolute Gasteiger partial charge is 0.463 e. The zero-order valence-electron chi connectivity index (χ0n) is 55.3. The van der Waals surface area contributed by atoms with Crippen LogP contribution in [0.1, 0.15) is 265 Å². The Balaban J connectivity index is 4.68. The summed E-state index contributed by atoms with van der Waals surface area (Å²) in [4.78, 5) is 58.3. The fraction of sp³-hybridized carbons (Fsp3) is 0.704. The summed E-state index contributed by atoms with van der Waals surface area (Å²) >= 11 is 0. The number of phosphoric ester groups is 2. The number of unbranched alkanes of at least 4 members (excludes halogenated alkanes) is 23. The van der Waals surface area contributed by atoms with E-state index < -0.39 is 91.5 Å². The maximum atomic E-state index is 12.9. The third kappa shape index (κ3) is 65.5. The summed E-state index contributed by atoms with van der Waals surface area (Å²) in [5, 5.41) is 20.5. The van der Waals surface area contributed by atoms with Crippen molar-refractivity contribution in [2.24, 2.45) is 0 Å². The molecule has 0 aromatic heterocycles. The first-order valence-electron chi connectivity index (χ1n) is 34.2. The Kier molecular flexibility index (Phi) is 61.6. The van der Waals surface area contributed by atoms with Gasteiger partial charge in [-0.25, -0.2) is 9.13 Å². The van der Waals surface area contributed by atoms with Crippen LogP contribution in [-0.4, -0.2) is 95.9 Å². The van der Waals surface area contributed by atoms with Crippen LogP contribution < -0.4 is 0 Å². The minimum absolute atomic E-state index is 0.102. The number of phosphoric acid groups is 2. The fourth-order valence-electron chi connectivity index (χ4n) is 8.76. The summed E-state index contributed by atoms with van der Waals surface area (Å²) in [5.74, 6) is -1.63. The minimum Gasteiger partial charge on any atom is -0.463 e. The molecule has 0 aliphatic heterocycles. The molecule has 0 fully saturated rings. The van der Waals surface area contributed by atoms with Crippen LogP contribution in [0, 0.1) is 0 Å². The normalized spacial score (nSPS) is 14.9. The number of hydrogen-bond acceptors (Lipinski definition) is 14. The predicted molar refractivity (Wildman–Crippen MR) is 362 cm³/mol. The molecule has 0 amide bonds. The number of ether oxygens (including phenoxy) is 3. The van der Waals surface area contributed by atoms with Crippen molar-refractivity contribution in [2.45, 2.75) is 283 Å². The van der Waals surface area contributed by atoms with Crippen molar-refractivity contribution in [1.29, 1.82) is 0 Å². The molecule has 4 N–H and O–H groups in total. The molecular formula is C71H122O16P2. The highest BCUT2D eigenvalue weighted by atomic mass is 31.2. The quantitative estimate of drug-likeness (QED) is 0.0146. The highest BCUT2D eigenvalue weighted by Crippen LogP contribution is 2.45. The number of aliphatic hydroxyl groups excluding tert-OH is 2. The van der Waals surface area contributed by atoms with Crippen LogP contribution in [0.25, 0.3) is 0 Å². The van der Waals surface area contributed by atoms with E-state index in [0.29, 0.717) is 19.3 Å². The van der Waals surface area contributed by atoms with Crippen molar-refractivity contribution in [3.05, 3.63) is 109 Å². The van der Waals surface area contributed by atoms with Gasteiger partial charge in [0.05, 0.1) is 26.4 Å². The maximum Gasteiger partial charge on any atom is 0.472 e. The van der Waals surface area contributed by atoms with Gasteiger partial charge in [0.25, 0.3) is 0 Å². The van der Waals surface area contributed by atoms with E-state index in [1.807, 2.05) is 0 Å². The summed E-state index contributed by atoms with van der Waals surface area (Å²) in [7, 11) is -9.79. The first kappa shape index (κ1) is 85.2. The number of hydrogen-bond donors (Lipinski definition) is 4. The molecule has 0 saturated heterocycles. The first-order valence-corrected chi connectivity index (χ1v) is 37.2. The van der Waals surface area contributed by atoms with Crippen molar-refractivity contribution in [2.75, 3.05) is 39.6 Å². The standard InChI is InChI=1S/C71H122O16P2/c1-4-7-10-13-16-19-22-25-27-29-31-32-34-36-37-40-42-45-48-51-54-57-69(74)81-60-66(72)61-83-88(77,78)84-62-67(73)63-85-89(79,80)86-65-68(87-71(76)59-56-53-50-47-44-39-24-21-18-15-12-9-6-3)64-82-70(75)58-55-52-49-46-43-41-38-35-33-30-28-26-23-20-17-14-11-8-5-2/h7,10,16-17,19-20,25-28,31-33,35-37,42,45,66-68,72-73H,4-6,8-9,11-15,18,21-24,29-30,34,38-41,43-44,46-65H2,1-3H3,(H,77,78)(H,79,80)/b10-7-,19-16-,20-17-,27-25-,28-26-,32-31-,35-33-,37-36-,45-42-. The molecule has 0 bridgehead atoms. The van der Waals surface area contributed by atoms with E-state index in [-0.39, 0.29) is 19.3 Å². The summed E-state index contributed by atoms with van der Waals surface area (Å²) in [6, 6.07) is 0. The van der Waals surface area contributed by atoms with Crippen LogP contribution in [0.5, 0.6) is 0 Å². The third-order valence-electron chi connectivity index (χ3n) is 14.0. The van der Waals surface area contributed by atoms with Gasteiger partial charge in [-0.1, -0.05) is 246 Å². The Bertz CT molecular complexity index is 2060. The first-order chi connectivity index (χ1) is 43.2. The van der Waals surface area contributed by atoms with Crippen LogP contribution in [0.3, 0.4) is 0 Å². The molecule has 0 heterocycles. The molecule has 18 heteroatoms. The molecule has 0 aromatic rings. The monoisotopic (exact) mass is 1290 g/mol. The summed E-state index contributed by atoms with van der Waals surface area (Å²) in [5.41, 5.74) is 0. The summed E-state index contributed by atoms with van der Waals surface area (Å²) in [6.45, 7) is 2.46. The number of aliphatic hydroxyl groups is 2. The molecule has 0 spiro atoms. The second-order valence-electron chi connectivity index (χ2n) is 22.6. The number of rotatable bonds is 64. The van der Waals surface area contributed by atoms with Crippen LogP contribution >= 0.6 is 15.6 Å². The topological polar surface area (TPSA) is 231 Å². The van der Waals surface area contributed by atoms with E-state index in [1.54, 1.807) is 0 Å². The van der Waals surface area contributed by atoms with Gasteiger partial charge in [-0.05, 0) is 109 Å². The molecule has 0 radical (unpaired) electrons. The van der Waals surface area contributed by atoms with Gasteiger partial charge < -0.3 is 34.2 Å². The van der Waals surface area contributed by atoms with Gasteiger partial charge in [-0.3, -0.25) is 32.5 Å². The zero-order valence-corrected chi connectivity index (χ0v) is 57.1. The Hall–Kier alpha value is -3.79. The lowest BCUT2D eigenvalue weighted by molar-refractivity contribution is -0.161. The summed E-state index contributed by atoms with van der Waals surface area (Å²) < 4.78 is 60.8. The number of carbonyl (C=O) groups excluding carboxylic acids is 3. The Morgan fingerprint density at radius 1 is 0.326 bits per heavy atom. The fourth-order valence-corrected chi connectivity index (χ4v) is 10.3. The Labute approximate surface area is 539 Å². The molecule has 5 atom stereocenters. The van der Waals surface area contributed by atoms with Crippen LogP contribution in [0.15, 0.2) is 109 Å². The number of carbonyl (C=O) groups is 3. The van der Waals surface area contributed by atoms with Gasteiger partial charge in [0.15, 0.2) is 6.10 Å². The van der Waals surface area contributed by atoms with Gasteiger partial charge in [0, 0.05) is 19.3 Å². The van der Waals surface area contributed by atoms with E-state index in [1.165, 1.54) is 70.6 Å². The number of esters is 3.